The van der Waals surface area contributed by atoms with Gasteiger partial charge in [-0.1, -0.05) is 0 Å². The van der Waals surface area contributed by atoms with Gasteiger partial charge in [-0.25, -0.2) is 4.39 Å². The van der Waals surface area contributed by atoms with Crippen molar-refractivity contribution in [2.75, 3.05) is 20.0 Å². The molecule has 1 aromatic heterocycles. The summed E-state index contributed by atoms with van der Waals surface area (Å²) in [6.45, 7) is 1.46. The predicted molar refractivity (Wildman–Crippen MR) is 71.1 cm³/mol. The third kappa shape index (κ3) is 2.47. The van der Waals surface area contributed by atoms with Crippen molar-refractivity contribution < 1.29 is 13.9 Å². The number of ether oxygens (including phenoxy) is 2. The summed E-state index contributed by atoms with van der Waals surface area (Å²) in [6.07, 6.45) is -1.15. The van der Waals surface area contributed by atoms with Gasteiger partial charge in [-0.2, -0.15) is 5.10 Å². The Morgan fingerprint density at radius 1 is 1.21 bits per heavy atom. The number of anilines is 1. The van der Waals surface area contributed by atoms with E-state index in [0.717, 1.165) is 0 Å². The lowest BCUT2D eigenvalue weighted by molar-refractivity contribution is 0.347. The fourth-order valence-electron chi connectivity index (χ4n) is 1.93. The smallest absolute Gasteiger partial charge is 0.161 e. The van der Waals surface area contributed by atoms with Gasteiger partial charge in [0.1, 0.15) is 12.0 Å². The van der Waals surface area contributed by atoms with E-state index in [1.165, 1.54) is 21.1 Å². The van der Waals surface area contributed by atoms with Crippen LogP contribution in [0.4, 0.5) is 10.2 Å². The first-order valence-corrected chi connectivity index (χ1v) is 5.78. The normalized spacial score (nSPS) is 12.2. The van der Waals surface area contributed by atoms with Crippen molar-refractivity contribution in [3.8, 4) is 22.8 Å². The van der Waals surface area contributed by atoms with Gasteiger partial charge in [0.15, 0.2) is 11.5 Å². The zero-order valence-electron chi connectivity index (χ0n) is 11.0. The molecular weight excluding hydrogens is 249 g/mol. The average Bonchev–Trinajstić information content (AvgIpc) is 2.83. The number of benzene rings is 1. The van der Waals surface area contributed by atoms with E-state index < -0.39 is 6.17 Å². The molecule has 2 rings (SSSR count). The summed E-state index contributed by atoms with van der Waals surface area (Å²) in [5.74, 6) is 1.36. The first kappa shape index (κ1) is 13.2. The molecule has 0 saturated heterocycles. The van der Waals surface area contributed by atoms with Gasteiger partial charge in [0, 0.05) is 11.6 Å². The highest BCUT2D eigenvalue weighted by atomic mass is 19.1. The number of rotatable bonds is 4. The minimum Gasteiger partial charge on any atom is -0.493 e. The Bertz CT molecular complexity index is 581. The van der Waals surface area contributed by atoms with Crippen molar-refractivity contribution in [1.29, 1.82) is 0 Å². The second-order valence-corrected chi connectivity index (χ2v) is 4.12. The van der Waals surface area contributed by atoms with Gasteiger partial charge in [0.25, 0.3) is 0 Å². The van der Waals surface area contributed by atoms with Gasteiger partial charge in [-0.15, -0.1) is 0 Å². The van der Waals surface area contributed by atoms with E-state index in [9.17, 15) is 4.39 Å². The summed E-state index contributed by atoms with van der Waals surface area (Å²) < 4.78 is 24.2. The van der Waals surface area contributed by atoms with Crippen molar-refractivity contribution in [2.24, 2.45) is 0 Å². The van der Waals surface area contributed by atoms with Crippen LogP contribution < -0.4 is 15.2 Å². The second kappa shape index (κ2) is 5.17. The van der Waals surface area contributed by atoms with E-state index in [1.54, 1.807) is 18.2 Å². The van der Waals surface area contributed by atoms with E-state index >= 15 is 0 Å². The van der Waals surface area contributed by atoms with E-state index in [-0.39, 0.29) is 0 Å². The predicted octanol–water partition coefficient (Wildman–Crippen LogP) is 2.71. The maximum atomic E-state index is 13.8. The SMILES string of the molecule is COc1cc(-c2cc(N)n[nH]2)c(C(C)F)cc1OC. The lowest BCUT2D eigenvalue weighted by atomic mass is 10.00. The highest BCUT2D eigenvalue weighted by Crippen LogP contribution is 2.38. The number of nitrogens with zero attached hydrogens (tertiary/aromatic N) is 1. The number of hydrogen-bond acceptors (Lipinski definition) is 4. The highest BCUT2D eigenvalue weighted by Gasteiger charge is 2.18. The molecule has 0 saturated carbocycles. The first-order chi connectivity index (χ1) is 9.06. The summed E-state index contributed by atoms with van der Waals surface area (Å²) in [6, 6.07) is 4.97. The molecule has 1 heterocycles. The van der Waals surface area contributed by atoms with E-state index in [1.807, 2.05) is 0 Å². The van der Waals surface area contributed by atoms with E-state index in [0.29, 0.717) is 34.1 Å². The zero-order valence-corrected chi connectivity index (χ0v) is 11.0. The van der Waals surface area contributed by atoms with Gasteiger partial charge < -0.3 is 15.2 Å². The number of nitrogens with two attached hydrogens (primary N) is 1. The Hall–Kier alpha value is -2.24. The Morgan fingerprint density at radius 2 is 1.84 bits per heavy atom. The molecule has 6 heteroatoms. The quantitative estimate of drug-likeness (QED) is 0.891. The monoisotopic (exact) mass is 265 g/mol. The van der Waals surface area contributed by atoms with Crippen LogP contribution in [-0.2, 0) is 0 Å². The molecule has 1 aromatic carbocycles. The second-order valence-electron chi connectivity index (χ2n) is 4.12. The first-order valence-electron chi connectivity index (χ1n) is 5.78. The fraction of sp³-hybridized carbons (Fsp3) is 0.308. The zero-order chi connectivity index (χ0) is 14.0. The van der Waals surface area contributed by atoms with Crippen LogP contribution in [-0.4, -0.2) is 24.4 Å². The van der Waals surface area contributed by atoms with Crippen LogP contribution in [0.25, 0.3) is 11.3 Å². The van der Waals surface area contributed by atoms with Crippen LogP contribution in [0.2, 0.25) is 0 Å². The maximum absolute atomic E-state index is 13.8. The Labute approximate surface area is 110 Å². The lowest BCUT2D eigenvalue weighted by Gasteiger charge is -2.14. The number of halogens is 1. The molecule has 0 spiro atoms. The van der Waals surface area contributed by atoms with Gasteiger partial charge in [-0.3, -0.25) is 5.10 Å². The molecule has 19 heavy (non-hydrogen) atoms. The molecule has 0 bridgehead atoms. The topological polar surface area (TPSA) is 73.2 Å². The fourth-order valence-corrected chi connectivity index (χ4v) is 1.93. The molecule has 5 nitrogen and oxygen atoms in total. The summed E-state index contributed by atoms with van der Waals surface area (Å²) in [4.78, 5) is 0. The molecule has 0 radical (unpaired) electrons. The van der Waals surface area contributed by atoms with Crippen molar-refractivity contribution in [3.63, 3.8) is 0 Å². The Kier molecular flexibility index (Phi) is 3.59. The van der Waals surface area contributed by atoms with Crippen molar-refractivity contribution in [2.45, 2.75) is 13.1 Å². The molecule has 1 unspecified atom stereocenters. The molecule has 0 aliphatic rings. The number of aromatic nitrogens is 2. The molecule has 0 aliphatic carbocycles. The molecule has 3 N–H and O–H groups in total. The molecule has 0 amide bonds. The van der Waals surface area contributed by atoms with Crippen LogP contribution in [0.15, 0.2) is 18.2 Å². The van der Waals surface area contributed by atoms with Crippen molar-refractivity contribution in [1.82, 2.24) is 10.2 Å². The van der Waals surface area contributed by atoms with E-state index in [4.69, 9.17) is 15.2 Å². The standard InChI is InChI=1S/C13H16FN3O2/c1-7(14)8-4-11(18-2)12(19-3)5-9(8)10-6-13(15)17-16-10/h4-7H,1-3H3,(H3,15,16,17). The summed E-state index contributed by atoms with van der Waals surface area (Å²) in [5.41, 5.74) is 7.35. The van der Waals surface area contributed by atoms with Crippen molar-refractivity contribution >= 4 is 5.82 Å². The number of methoxy groups -OCH3 is 2. The van der Waals surface area contributed by atoms with Crippen LogP contribution in [0.3, 0.4) is 0 Å². The average molecular weight is 265 g/mol. The number of nitrogens with one attached hydrogen (secondary N) is 1. The van der Waals surface area contributed by atoms with Gasteiger partial charge in [-0.05, 0) is 24.6 Å². The van der Waals surface area contributed by atoms with E-state index in [2.05, 4.69) is 10.2 Å². The number of hydrogen-bond donors (Lipinski definition) is 2. The molecule has 0 fully saturated rings. The molecular formula is C13H16FN3O2. The van der Waals surface area contributed by atoms with Crippen LogP contribution >= 0.6 is 0 Å². The van der Waals surface area contributed by atoms with Crippen LogP contribution in [0.1, 0.15) is 18.7 Å². The minimum atomic E-state index is -1.15. The van der Waals surface area contributed by atoms with Crippen LogP contribution in [0.5, 0.6) is 11.5 Å². The number of alkyl halides is 1. The largest absolute Gasteiger partial charge is 0.493 e. The Balaban J connectivity index is 2.63. The molecule has 0 aliphatic heterocycles. The van der Waals surface area contributed by atoms with Crippen LogP contribution in [0, 0.1) is 0 Å². The third-order valence-corrected chi connectivity index (χ3v) is 2.87. The number of nitrogen functional groups attached to an aromatic ring is 1. The molecule has 1 atom stereocenters. The molecule has 2 aromatic rings. The summed E-state index contributed by atoms with van der Waals surface area (Å²) in [7, 11) is 3.04. The summed E-state index contributed by atoms with van der Waals surface area (Å²) in [5, 5.41) is 6.62. The molecule has 102 valence electrons. The van der Waals surface area contributed by atoms with Crippen molar-refractivity contribution in [3.05, 3.63) is 23.8 Å². The lowest BCUT2D eigenvalue weighted by Crippen LogP contribution is -1.97. The van der Waals surface area contributed by atoms with Gasteiger partial charge >= 0.3 is 0 Å². The Morgan fingerprint density at radius 3 is 2.32 bits per heavy atom. The minimum absolute atomic E-state index is 0.349. The number of H-pyrrole nitrogens is 1. The third-order valence-electron chi connectivity index (χ3n) is 2.87. The summed E-state index contributed by atoms with van der Waals surface area (Å²) >= 11 is 0. The highest BCUT2D eigenvalue weighted by molar-refractivity contribution is 5.70. The van der Waals surface area contributed by atoms with Gasteiger partial charge in [0.2, 0.25) is 0 Å². The number of aromatic amines is 1. The van der Waals surface area contributed by atoms with Gasteiger partial charge in [0.05, 0.1) is 19.9 Å². The maximum Gasteiger partial charge on any atom is 0.161 e.